The van der Waals surface area contributed by atoms with E-state index in [4.69, 9.17) is 0 Å². The van der Waals surface area contributed by atoms with E-state index in [1.165, 1.54) is 0 Å². The molecule has 6 heteroatoms. The van der Waals surface area contributed by atoms with E-state index in [0.717, 1.165) is 28.2 Å². The zero-order valence-electron chi connectivity index (χ0n) is 14.1. The summed E-state index contributed by atoms with van der Waals surface area (Å²) in [5.41, 5.74) is 2.76. The van der Waals surface area contributed by atoms with E-state index < -0.39 is 0 Å². The van der Waals surface area contributed by atoms with Crippen LogP contribution in [0.4, 0.5) is 5.82 Å². The summed E-state index contributed by atoms with van der Waals surface area (Å²) in [5.74, 6) is 0.838. The maximum absolute atomic E-state index is 4.51. The van der Waals surface area contributed by atoms with Crippen LogP contribution in [-0.4, -0.2) is 31.8 Å². The van der Waals surface area contributed by atoms with Gasteiger partial charge in [-0.05, 0) is 31.2 Å². The largest absolute Gasteiger partial charge is 0.351 e. The number of benzene rings is 1. The van der Waals surface area contributed by atoms with Crippen LogP contribution in [0.1, 0.15) is 18.7 Å². The first kappa shape index (κ1) is 15.3. The standard InChI is InChI=1S/C19H18N6/c1-14(17-10-6-7-11-20-17)24(2)18-16-12-23-25(19(16)22-13-21-18)15-8-4-3-5-9-15/h3-14H,1-2H3. The number of pyridine rings is 1. The van der Waals surface area contributed by atoms with Gasteiger partial charge in [0.1, 0.15) is 12.1 Å². The highest BCUT2D eigenvalue weighted by atomic mass is 15.3. The van der Waals surface area contributed by atoms with Gasteiger partial charge in [-0.3, -0.25) is 4.98 Å². The van der Waals surface area contributed by atoms with Crippen molar-refractivity contribution in [3.63, 3.8) is 0 Å². The lowest BCUT2D eigenvalue weighted by Crippen LogP contribution is -2.23. The second kappa shape index (κ2) is 6.32. The van der Waals surface area contributed by atoms with E-state index in [1.54, 1.807) is 6.33 Å². The second-order valence-electron chi connectivity index (χ2n) is 5.87. The first-order chi connectivity index (χ1) is 12.3. The minimum atomic E-state index is 0.0828. The van der Waals surface area contributed by atoms with Crippen molar-refractivity contribution in [2.75, 3.05) is 11.9 Å². The van der Waals surface area contributed by atoms with Gasteiger partial charge in [-0.25, -0.2) is 14.6 Å². The fourth-order valence-corrected chi connectivity index (χ4v) is 2.88. The van der Waals surface area contributed by atoms with Gasteiger partial charge >= 0.3 is 0 Å². The van der Waals surface area contributed by atoms with Crippen LogP contribution in [0.5, 0.6) is 0 Å². The summed E-state index contributed by atoms with van der Waals surface area (Å²) in [6, 6.07) is 16.0. The maximum atomic E-state index is 4.51. The average molecular weight is 330 g/mol. The summed E-state index contributed by atoms with van der Waals surface area (Å²) in [5, 5.41) is 5.43. The van der Waals surface area contributed by atoms with Crippen LogP contribution >= 0.6 is 0 Å². The lowest BCUT2D eigenvalue weighted by Gasteiger charge is -2.25. The van der Waals surface area contributed by atoms with Crippen LogP contribution in [0.25, 0.3) is 16.7 Å². The van der Waals surface area contributed by atoms with Crippen LogP contribution < -0.4 is 4.90 Å². The molecule has 0 aliphatic heterocycles. The Bertz CT molecular complexity index is 981. The van der Waals surface area contributed by atoms with E-state index in [0.29, 0.717) is 0 Å². The van der Waals surface area contributed by atoms with Crippen LogP contribution in [0.2, 0.25) is 0 Å². The second-order valence-corrected chi connectivity index (χ2v) is 5.87. The Morgan fingerprint density at radius 2 is 1.76 bits per heavy atom. The van der Waals surface area contributed by atoms with E-state index in [2.05, 4.69) is 31.9 Å². The van der Waals surface area contributed by atoms with Gasteiger partial charge in [0, 0.05) is 13.2 Å². The Hall–Kier alpha value is -3.28. The normalized spacial score (nSPS) is 12.2. The SMILES string of the molecule is CC(c1ccccn1)N(C)c1ncnc2c1cnn2-c1ccccc1. The van der Waals surface area contributed by atoms with Crippen molar-refractivity contribution in [2.24, 2.45) is 0 Å². The van der Waals surface area contributed by atoms with Gasteiger partial charge < -0.3 is 4.90 Å². The third-order valence-electron chi connectivity index (χ3n) is 4.38. The highest BCUT2D eigenvalue weighted by Crippen LogP contribution is 2.28. The molecule has 0 aliphatic rings. The molecule has 0 amide bonds. The smallest absolute Gasteiger partial charge is 0.168 e. The summed E-state index contributed by atoms with van der Waals surface area (Å²) in [7, 11) is 2.01. The number of aromatic nitrogens is 5. The highest BCUT2D eigenvalue weighted by molar-refractivity contribution is 5.87. The molecule has 1 atom stereocenters. The monoisotopic (exact) mass is 330 g/mol. The minimum Gasteiger partial charge on any atom is -0.351 e. The van der Waals surface area contributed by atoms with Crippen molar-refractivity contribution in [1.82, 2.24) is 24.7 Å². The zero-order valence-corrected chi connectivity index (χ0v) is 14.1. The maximum Gasteiger partial charge on any atom is 0.168 e. The molecular weight excluding hydrogens is 312 g/mol. The van der Waals surface area contributed by atoms with E-state index in [1.807, 2.05) is 72.7 Å². The molecule has 1 unspecified atom stereocenters. The topological polar surface area (TPSA) is 59.7 Å². The van der Waals surface area contributed by atoms with E-state index in [-0.39, 0.29) is 6.04 Å². The molecule has 4 aromatic rings. The molecule has 3 aromatic heterocycles. The van der Waals surface area contributed by atoms with Gasteiger partial charge in [0.15, 0.2) is 5.65 Å². The Kier molecular flexibility index (Phi) is 3.85. The molecule has 0 bridgehead atoms. The predicted molar refractivity (Wildman–Crippen MR) is 97.7 cm³/mol. The number of fused-ring (bicyclic) bond motifs is 1. The molecule has 25 heavy (non-hydrogen) atoms. The molecule has 0 saturated carbocycles. The summed E-state index contributed by atoms with van der Waals surface area (Å²) >= 11 is 0. The summed E-state index contributed by atoms with van der Waals surface area (Å²) in [6.45, 7) is 2.11. The van der Waals surface area contributed by atoms with Crippen molar-refractivity contribution in [1.29, 1.82) is 0 Å². The molecule has 4 rings (SSSR count). The van der Waals surface area contributed by atoms with Crippen LogP contribution in [0.15, 0.2) is 67.3 Å². The summed E-state index contributed by atoms with van der Waals surface area (Å²) < 4.78 is 1.83. The van der Waals surface area contributed by atoms with Gasteiger partial charge in [0.05, 0.1) is 29.0 Å². The Labute approximate surface area is 145 Å². The fourth-order valence-electron chi connectivity index (χ4n) is 2.88. The third kappa shape index (κ3) is 2.71. The molecule has 0 aliphatic carbocycles. The third-order valence-corrected chi connectivity index (χ3v) is 4.38. The fraction of sp³-hybridized carbons (Fsp3) is 0.158. The molecule has 0 fully saturated rings. The number of rotatable bonds is 4. The number of anilines is 1. The summed E-state index contributed by atoms with van der Waals surface area (Å²) in [6.07, 6.45) is 5.21. The molecule has 3 heterocycles. The lowest BCUT2D eigenvalue weighted by atomic mass is 10.2. The quantitative estimate of drug-likeness (QED) is 0.574. The Morgan fingerprint density at radius 1 is 0.960 bits per heavy atom. The molecule has 6 nitrogen and oxygen atoms in total. The van der Waals surface area contributed by atoms with Crippen molar-refractivity contribution in [3.8, 4) is 5.69 Å². The first-order valence-corrected chi connectivity index (χ1v) is 8.13. The Morgan fingerprint density at radius 3 is 2.52 bits per heavy atom. The minimum absolute atomic E-state index is 0.0828. The van der Waals surface area contributed by atoms with E-state index >= 15 is 0 Å². The Balaban J connectivity index is 1.77. The van der Waals surface area contributed by atoms with Gasteiger partial charge in [-0.1, -0.05) is 24.3 Å². The highest BCUT2D eigenvalue weighted by Gasteiger charge is 2.19. The number of hydrogen-bond donors (Lipinski definition) is 0. The van der Waals surface area contributed by atoms with Gasteiger partial charge in [0.25, 0.3) is 0 Å². The summed E-state index contributed by atoms with van der Waals surface area (Å²) in [4.78, 5) is 15.5. The van der Waals surface area contributed by atoms with Crippen molar-refractivity contribution >= 4 is 16.9 Å². The van der Waals surface area contributed by atoms with Gasteiger partial charge in [0.2, 0.25) is 0 Å². The first-order valence-electron chi connectivity index (χ1n) is 8.13. The van der Waals surface area contributed by atoms with Crippen molar-refractivity contribution < 1.29 is 0 Å². The molecule has 0 spiro atoms. The number of para-hydroxylation sites is 1. The number of hydrogen-bond acceptors (Lipinski definition) is 5. The molecule has 0 saturated heterocycles. The van der Waals surface area contributed by atoms with Crippen molar-refractivity contribution in [2.45, 2.75) is 13.0 Å². The van der Waals surface area contributed by atoms with Crippen LogP contribution in [0.3, 0.4) is 0 Å². The average Bonchev–Trinajstić information content (AvgIpc) is 3.12. The van der Waals surface area contributed by atoms with Crippen LogP contribution in [-0.2, 0) is 0 Å². The molecule has 0 N–H and O–H groups in total. The molecule has 124 valence electrons. The van der Waals surface area contributed by atoms with Crippen LogP contribution in [0, 0.1) is 0 Å². The van der Waals surface area contributed by atoms with Gasteiger partial charge in [-0.15, -0.1) is 0 Å². The molecule has 0 radical (unpaired) electrons. The molecular formula is C19H18N6. The van der Waals surface area contributed by atoms with Gasteiger partial charge in [-0.2, -0.15) is 5.10 Å². The molecule has 1 aromatic carbocycles. The van der Waals surface area contributed by atoms with E-state index in [9.17, 15) is 0 Å². The zero-order chi connectivity index (χ0) is 17.2. The number of nitrogens with zero attached hydrogens (tertiary/aromatic N) is 6. The lowest BCUT2D eigenvalue weighted by molar-refractivity contribution is 0.707. The van der Waals surface area contributed by atoms with Crippen molar-refractivity contribution in [3.05, 3.63) is 72.9 Å². The predicted octanol–water partition coefficient (Wildman–Crippen LogP) is 3.41.